The maximum absolute atomic E-state index is 13.5. The first-order chi connectivity index (χ1) is 7.09. The molecule has 0 spiro atoms. The van der Waals surface area contributed by atoms with E-state index in [1.807, 2.05) is 0 Å². The van der Waals surface area contributed by atoms with Gasteiger partial charge >= 0.3 is 0 Å². The van der Waals surface area contributed by atoms with Crippen molar-refractivity contribution < 1.29 is 13.3 Å². The van der Waals surface area contributed by atoms with Gasteiger partial charge in [-0.2, -0.15) is 0 Å². The van der Waals surface area contributed by atoms with Crippen molar-refractivity contribution in [2.24, 2.45) is 0 Å². The standard InChI is InChI=1S/C10H8F2N2O/c1-5-2-6(11)9(7(12)3-5)10-8(13)4-14-15-10/h2-4H,13H2,1H3. The number of halogens is 2. The molecule has 0 saturated heterocycles. The lowest BCUT2D eigenvalue weighted by atomic mass is 10.1. The highest BCUT2D eigenvalue weighted by Gasteiger charge is 2.18. The second kappa shape index (κ2) is 3.34. The fraction of sp³-hybridized carbons (Fsp3) is 0.100. The number of aryl methyl sites for hydroxylation is 1. The Labute approximate surface area is 84.5 Å². The molecule has 0 aliphatic carbocycles. The maximum atomic E-state index is 13.5. The summed E-state index contributed by atoms with van der Waals surface area (Å²) >= 11 is 0. The van der Waals surface area contributed by atoms with Crippen LogP contribution in [0.3, 0.4) is 0 Å². The molecule has 2 N–H and O–H groups in total. The predicted octanol–water partition coefficient (Wildman–Crippen LogP) is 2.51. The zero-order chi connectivity index (χ0) is 11.0. The minimum absolute atomic E-state index is 0.0787. The average molecular weight is 210 g/mol. The number of hydrogen-bond acceptors (Lipinski definition) is 3. The minimum atomic E-state index is -0.712. The molecule has 0 bridgehead atoms. The monoisotopic (exact) mass is 210 g/mol. The molecule has 15 heavy (non-hydrogen) atoms. The average Bonchev–Trinajstić information content (AvgIpc) is 2.50. The third kappa shape index (κ3) is 1.56. The summed E-state index contributed by atoms with van der Waals surface area (Å²) in [6.45, 7) is 1.60. The summed E-state index contributed by atoms with van der Waals surface area (Å²) in [5.41, 5.74) is 5.78. The fourth-order valence-corrected chi connectivity index (χ4v) is 1.35. The van der Waals surface area contributed by atoms with Crippen LogP contribution in [-0.2, 0) is 0 Å². The van der Waals surface area contributed by atoms with Crippen LogP contribution in [0.1, 0.15) is 5.56 Å². The van der Waals surface area contributed by atoms with E-state index in [4.69, 9.17) is 10.3 Å². The molecule has 5 heteroatoms. The van der Waals surface area contributed by atoms with E-state index in [-0.39, 0.29) is 17.0 Å². The molecule has 0 radical (unpaired) electrons. The fourth-order valence-electron chi connectivity index (χ4n) is 1.35. The Morgan fingerprint density at radius 1 is 1.27 bits per heavy atom. The van der Waals surface area contributed by atoms with Gasteiger partial charge in [0.2, 0.25) is 0 Å². The van der Waals surface area contributed by atoms with Crippen LogP contribution in [0.5, 0.6) is 0 Å². The Kier molecular flexibility index (Phi) is 2.15. The van der Waals surface area contributed by atoms with Crippen molar-refractivity contribution >= 4 is 5.69 Å². The van der Waals surface area contributed by atoms with Crippen molar-refractivity contribution in [3.05, 3.63) is 35.5 Å². The molecule has 2 rings (SSSR count). The summed E-state index contributed by atoms with van der Waals surface area (Å²) in [5, 5.41) is 3.37. The molecule has 2 aromatic rings. The quantitative estimate of drug-likeness (QED) is 0.786. The topological polar surface area (TPSA) is 52.0 Å². The highest BCUT2D eigenvalue weighted by atomic mass is 19.1. The summed E-state index contributed by atoms with van der Waals surface area (Å²) in [6.07, 6.45) is 1.20. The number of anilines is 1. The van der Waals surface area contributed by atoms with Crippen LogP contribution in [0, 0.1) is 18.6 Å². The van der Waals surface area contributed by atoms with Crippen molar-refractivity contribution in [2.45, 2.75) is 6.92 Å². The van der Waals surface area contributed by atoms with Crippen LogP contribution in [0.25, 0.3) is 11.3 Å². The molecule has 0 aliphatic heterocycles. The van der Waals surface area contributed by atoms with Crippen molar-refractivity contribution in [2.75, 3.05) is 5.73 Å². The normalized spacial score (nSPS) is 10.6. The first kappa shape index (κ1) is 9.64. The lowest BCUT2D eigenvalue weighted by molar-refractivity contribution is 0.427. The maximum Gasteiger partial charge on any atom is 0.195 e. The molecule has 1 aromatic carbocycles. The van der Waals surface area contributed by atoms with Crippen LogP contribution >= 0.6 is 0 Å². The molecule has 3 nitrogen and oxygen atoms in total. The van der Waals surface area contributed by atoms with Gasteiger partial charge in [-0.25, -0.2) is 8.78 Å². The third-order valence-corrected chi connectivity index (χ3v) is 2.01. The largest absolute Gasteiger partial charge is 0.394 e. The molecule has 0 aliphatic rings. The number of hydrogen-bond donors (Lipinski definition) is 1. The smallest absolute Gasteiger partial charge is 0.195 e. The molecule has 0 unspecified atom stereocenters. The Morgan fingerprint density at radius 2 is 1.87 bits per heavy atom. The Balaban J connectivity index is 2.68. The van der Waals surface area contributed by atoms with E-state index in [9.17, 15) is 8.78 Å². The molecule has 0 amide bonds. The number of nitrogen functional groups attached to an aromatic ring is 1. The molecular formula is C10H8F2N2O. The van der Waals surface area contributed by atoms with Crippen molar-refractivity contribution in [3.8, 4) is 11.3 Å². The molecule has 78 valence electrons. The van der Waals surface area contributed by atoms with Crippen LogP contribution in [0.15, 0.2) is 22.9 Å². The van der Waals surface area contributed by atoms with E-state index in [1.165, 1.54) is 18.3 Å². The molecule has 0 saturated carbocycles. The van der Waals surface area contributed by atoms with Gasteiger partial charge in [-0.1, -0.05) is 5.16 Å². The lowest BCUT2D eigenvalue weighted by Gasteiger charge is -2.03. The molecule has 0 fully saturated rings. The Morgan fingerprint density at radius 3 is 2.33 bits per heavy atom. The summed E-state index contributed by atoms with van der Waals surface area (Å²) < 4.78 is 31.6. The van der Waals surface area contributed by atoms with Crippen molar-refractivity contribution in [1.29, 1.82) is 0 Å². The van der Waals surface area contributed by atoms with Gasteiger partial charge in [0.05, 0.1) is 11.8 Å². The van der Waals surface area contributed by atoms with Gasteiger partial charge in [0, 0.05) is 0 Å². The van der Waals surface area contributed by atoms with Gasteiger partial charge in [0.25, 0.3) is 0 Å². The zero-order valence-corrected chi connectivity index (χ0v) is 7.92. The van der Waals surface area contributed by atoms with Gasteiger partial charge in [0.15, 0.2) is 5.76 Å². The van der Waals surface area contributed by atoms with Gasteiger partial charge in [-0.3, -0.25) is 0 Å². The van der Waals surface area contributed by atoms with E-state index in [1.54, 1.807) is 6.92 Å². The second-order valence-corrected chi connectivity index (χ2v) is 3.21. The number of rotatable bonds is 1. The van der Waals surface area contributed by atoms with E-state index in [0.29, 0.717) is 5.56 Å². The molecular weight excluding hydrogens is 202 g/mol. The first-order valence-corrected chi connectivity index (χ1v) is 4.25. The number of nitrogens with two attached hydrogens (primary N) is 1. The number of aromatic nitrogens is 1. The first-order valence-electron chi connectivity index (χ1n) is 4.25. The summed E-state index contributed by atoms with van der Waals surface area (Å²) in [7, 11) is 0. The number of nitrogens with zero attached hydrogens (tertiary/aromatic N) is 1. The second-order valence-electron chi connectivity index (χ2n) is 3.21. The highest BCUT2D eigenvalue weighted by molar-refractivity contribution is 5.71. The Hall–Kier alpha value is -1.91. The molecule has 1 heterocycles. The Bertz CT molecular complexity index is 485. The van der Waals surface area contributed by atoms with E-state index in [2.05, 4.69) is 5.16 Å². The van der Waals surface area contributed by atoms with Crippen LogP contribution < -0.4 is 5.73 Å². The van der Waals surface area contributed by atoms with Crippen LogP contribution in [-0.4, -0.2) is 5.16 Å². The van der Waals surface area contributed by atoms with Gasteiger partial charge < -0.3 is 10.3 Å². The zero-order valence-electron chi connectivity index (χ0n) is 7.92. The van der Waals surface area contributed by atoms with E-state index < -0.39 is 11.6 Å². The van der Waals surface area contributed by atoms with Crippen LogP contribution in [0.2, 0.25) is 0 Å². The minimum Gasteiger partial charge on any atom is -0.394 e. The van der Waals surface area contributed by atoms with E-state index in [0.717, 1.165) is 0 Å². The molecule has 1 aromatic heterocycles. The summed E-state index contributed by atoms with van der Waals surface area (Å²) in [5.74, 6) is -1.50. The van der Waals surface area contributed by atoms with Gasteiger partial charge in [-0.15, -0.1) is 0 Å². The highest BCUT2D eigenvalue weighted by Crippen LogP contribution is 2.30. The summed E-state index contributed by atoms with van der Waals surface area (Å²) in [6, 6.07) is 2.42. The van der Waals surface area contributed by atoms with Crippen LogP contribution in [0.4, 0.5) is 14.5 Å². The number of benzene rings is 1. The van der Waals surface area contributed by atoms with E-state index >= 15 is 0 Å². The van der Waals surface area contributed by atoms with Gasteiger partial charge in [0.1, 0.15) is 17.3 Å². The van der Waals surface area contributed by atoms with Crippen molar-refractivity contribution in [1.82, 2.24) is 5.16 Å². The molecule has 0 atom stereocenters. The lowest BCUT2D eigenvalue weighted by Crippen LogP contribution is -1.93. The third-order valence-electron chi connectivity index (χ3n) is 2.01. The summed E-state index contributed by atoms with van der Waals surface area (Å²) in [4.78, 5) is 0. The van der Waals surface area contributed by atoms with Gasteiger partial charge in [-0.05, 0) is 24.6 Å². The van der Waals surface area contributed by atoms with Crippen molar-refractivity contribution in [3.63, 3.8) is 0 Å². The predicted molar refractivity (Wildman–Crippen MR) is 51.0 cm³/mol. The SMILES string of the molecule is Cc1cc(F)c(-c2oncc2N)c(F)c1.